The number of carbonyl (C=O) groups excluding carboxylic acids is 3. The fourth-order valence-electron chi connectivity index (χ4n) is 3.63. The molecule has 2 aliphatic heterocycles. The predicted molar refractivity (Wildman–Crippen MR) is 112 cm³/mol. The Morgan fingerprint density at radius 3 is 2.42 bits per heavy atom. The van der Waals surface area contributed by atoms with E-state index in [1.165, 1.54) is 0 Å². The summed E-state index contributed by atoms with van der Waals surface area (Å²) in [5.74, 6) is -1.64. The molecule has 11 heteroatoms. The number of amides is 3. The molecule has 4 rings (SSSR count). The third-order valence-corrected chi connectivity index (χ3v) is 6.95. The number of nitrogens with one attached hydrogen (secondary N) is 2. The topological polar surface area (TPSA) is 130 Å². The second-order valence-corrected chi connectivity index (χ2v) is 9.59. The van der Waals surface area contributed by atoms with Gasteiger partial charge in [-0.25, -0.2) is 13.4 Å². The Kier molecular flexibility index (Phi) is 5.59. The summed E-state index contributed by atoms with van der Waals surface area (Å²) in [5, 5.41) is 5.19. The highest BCUT2D eigenvalue weighted by Crippen LogP contribution is 2.22. The molecule has 3 amide bonds. The predicted octanol–water partition coefficient (Wildman–Crippen LogP) is 0.404. The molecule has 0 aliphatic carbocycles. The SMILES string of the molecule is O=C(NNC(=O)c1ccccc1-n1cccc1)C1=NN([C@H]2CCS(=O)(=O)C2)C(=O)CC1. The van der Waals surface area contributed by atoms with Crippen LogP contribution in [0.5, 0.6) is 0 Å². The van der Waals surface area contributed by atoms with Crippen molar-refractivity contribution in [3.05, 3.63) is 54.4 Å². The number of nitrogens with zero attached hydrogens (tertiary/aromatic N) is 3. The molecule has 10 nitrogen and oxygen atoms in total. The molecular formula is C20H21N5O5S. The number of hydrazine groups is 1. The fraction of sp³-hybridized carbons (Fsp3) is 0.300. The van der Waals surface area contributed by atoms with Crippen LogP contribution in [0.4, 0.5) is 0 Å². The van der Waals surface area contributed by atoms with E-state index in [0.717, 1.165) is 5.01 Å². The number of rotatable bonds is 4. The minimum absolute atomic E-state index is 0.00461. The molecule has 1 aromatic carbocycles. The van der Waals surface area contributed by atoms with Crippen molar-refractivity contribution in [2.75, 3.05) is 11.5 Å². The lowest BCUT2D eigenvalue weighted by Gasteiger charge is -2.27. The minimum atomic E-state index is -3.20. The molecule has 2 aliphatic rings. The van der Waals surface area contributed by atoms with Crippen molar-refractivity contribution < 1.29 is 22.8 Å². The highest BCUT2D eigenvalue weighted by Gasteiger charge is 2.37. The van der Waals surface area contributed by atoms with Crippen LogP contribution in [0.3, 0.4) is 0 Å². The van der Waals surface area contributed by atoms with Crippen LogP contribution in [0, 0.1) is 0 Å². The van der Waals surface area contributed by atoms with E-state index in [9.17, 15) is 22.8 Å². The zero-order valence-corrected chi connectivity index (χ0v) is 17.3. The zero-order valence-electron chi connectivity index (χ0n) is 16.5. The Bertz CT molecular complexity index is 1160. The van der Waals surface area contributed by atoms with Crippen LogP contribution >= 0.6 is 0 Å². The van der Waals surface area contributed by atoms with Crippen LogP contribution in [0.25, 0.3) is 5.69 Å². The number of aromatic nitrogens is 1. The quantitative estimate of drug-likeness (QED) is 0.661. The second kappa shape index (κ2) is 8.34. The van der Waals surface area contributed by atoms with E-state index in [1.54, 1.807) is 41.2 Å². The third kappa shape index (κ3) is 4.50. The minimum Gasteiger partial charge on any atom is -0.323 e. The highest BCUT2D eigenvalue weighted by atomic mass is 32.2. The summed E-state index contributed by atoms with van der Waals surface area (Å²) in [6.07, 6.45) is 4.05. The van der Waals surface area contributed by atoms with Gasteiger partial charge >= 0.3 is 0 Å². The van der Waals surface area contributed by atoms with Gasteiger partial charge < -0.3 is 4.57 Å². The molecule has 1 fully saturated rings. The number of sulfone groups is 1. The maximum atomic E-state index is 12.6. The van der Waals surface area contributed by atoms with Gasteiger partial charge in [-0.05, 0) is 30.7 Å². The van der Waals surface area contributed by atoms with Gasteiger partial charge in [-0.1, -0.05) is 12.1 Å². The monoisotopic (exact) mass is 443 g/mol. The maximum Gasteiger partial charge on any atom is 0.285 e. The average Bonchev–Trinajstić information content (AvgIpc) is 3.41. The zero-order chi connectivity index (χ0) is 22.0. The molecule has 0 spiro atoms. The van der Waals surface area contributed by atoms with Gasteiger partial charge in [0, 0.05) is 25.2 Å². The summed E-state index contributed by atoms with van der Waals surface area (Å²) >= 11 is 0. The van der Waals surface area contributed by atoms with Gasteiger partial charge in [-0.3, -0.25) is 25.2 Å². The lowest BCUT2D eigenvalue weighted by molar-refractivity contribution is -0.133. The number of para-hydroxylation sites is 1. The first-order chi connectivity index (χ1) is 14.8. The molecule has 1 saturated heterocycles. The van der Waals surface area contributed by atoms with Gasteiger partial charge in [0.1, 0.15) is 5.71 Å². The van der Waals surface area contributed by atoms with Crippen molar-refractivity contribution in [2.24, 2.45) is 5.10 Å². The van der Waals surface area contributed by atoms with Crippen LogP contribution in [0.15, 0.2) is 53.9 Å². The van der Waals surface area contributed by atoms with Crippen molar-refractivity contribution in [1.29, 1.82) is 0 Å². The summed E-state index contributed by atoms with van der Waals surface area (Å²) in [5.41, 5.74) is 5.77. The van der Waals surface area contributed by atoms with Gasteiger partial charge in [-0.2, -0.15) is 5.10 Å². The van der Waals surface area contributed by atoms with Crippen LogP contribution in [0.1, 0.15) is 29.6 Å². The fourth-order valence-corrected chi connectivity index (χ4v) is 5.32. The first kappa shape index (κ1) is 20.8. The molecule has 1 atom stereocenters. The summed E-state index contributed by atoms with van der Waals surface area (Å²) in [6, 6.07) is 10.0. The lowest BCUT2D eigenvalue weighted by atomic mass is 10.1. The molecule has 162 valence electrons. The second-order valence-electron chi connectivity index (χ2n) is 7.36. The molecule has 31 heavy (non-hydrogen) atoms. The van der Waals surface area contributed by atoms with Crippen LogP contribution in [-0.4, -0.2) is 59.0 Å². The Hall–Kier alpha value is -3.47. The van der Waals surface area contributed by atoms with E-state index in [2.05, 4.69) is 16.0 Å². The Morgan fingerprint density at radius 1 is 1.00 bits per heavy atom. The van der Waals surface area contributed by atoms with Gasteiger partial charge in [0.15, 0.2) is 9.84 Å². The largest absolute Gasteiger partial charge is 0.323 e. The number of benzene rings is 1. The van der Waals surface area contributed by atoms with Gasteiger partial charge in [-0.15, -0.1) is 0 Å². The van der Waals surface area contributed by atoms with Crippen molar-refractivity contribution in [3.63, 3.8) is 0 Å². The molecule has 2 N–H and O–H groups in total. The summed E-state index contributed by atoms with van der Waals surface area (Å²) in [6.45, 7) is 0. The molecule has 0 bridgehead atoms. The first-order valence-corrected chi connectivity index (χ1v) is 11.6. The number of hydrazone groups is 1. The number of carbonyl (C=O) groups is 3. The smallest absolute Gasteiger partial charge is 0.285 e. The van der Waals surface area contributed by atoms with E-state index in [0.29, 0.717) is 17.7 Å². The summed E-state index contributed by atoms with van der Waals surface area (Å²) < 4.78 is 25.2. The van der Waals surface area contributed by atoms with Crippen molar-refractivity contribution >= 4 is 33.3 Å². The van der Waals surface area contributed by atoms with E-state index in [-0.39, 0.29) is 36.0 Å². The molecular weight excluding hydrogens is 422 g/mol. The Balaban J connectivity index is 1.44. The highest BCUT2D eigenvalue weighted by molar-refractivity contribution is 7.91. The van der Waals surface area contributed by atoms with Gasteiger partial charge in [0.25, 0.3) is 11.8 Å². The molecule has 0 saturated carbocycles. The molecule has 0 radical (unpaired) electrons. The Labute approximate surface area is 178 Å². The van der Waals surface area contributed by atoms with Crippen LogP contribution in [-0.2, 0) is 19.4 Å². The lowest BCUT2D eigenvalue weighted by Crippen LogP contribution is -2.48. The average molecular weight is 443 g/mol. The summed E-state index contributed by atoms with van der Waals surface area (Å²) in [4.78, 5) is 37.3. The number of hydrogen-bond donors (Lipinski definition) is 2. The van der Waals surface area contributed by atoms with E-state index < -0.39 is 27.7 Å². The number of hydrogen-bond acceptors (Lipinski definition) is 6. The van der Waals surface area contributed by atoms with Crippen LogP contribution in [0.2, 0.25) is 0 Å². The molecule has 1 aromatic heterocycles. The molecule has 3 heterocycles. The molecule has 2 aromatic rings. The van der Waals surface area contributed by atoms with Gasteiger partial charge in [0.05, 0.1) is 28.8 Å². The van der Waals surface area contributed by atoms with Crippen molar-refractivity contribution in [3.8, 4) is 5.69 Å². The third-order valence-electron chi connectivity index (χ3n) is 5.20. The van der Waals surface area contributed by atoms with Crippen LogP contribution < -0.4 is 10.9 Å². The van der Waals surface area contributed by atoms with Crippen molar-refractivity contribution in [1.82, 2.24) is 20.4 Å². The van der Waals surface area contributed by atoms with E-state index in [4.69, 9.17) is 0 Å². The summed E-state index contributed by atoms with van der Waals surface area (Å²) in [7, 11) is -3.20. The maximum absolute atomic E-state index is 12.6. The van der Waals surface area contributed by atoms with Crippen molar-refractivity contribution in [2.45, 2.75) is 25.3 Å². The first-order valence-electron chi connectivity index (χ1n) is 9.77. The Morgan fingerprint density at radius 2 is 1.71 bits per heavy atom. The molecule has 0 unspecified atom stereocenters. The normalized spacial score (nSPS) is 20.3. The van der Waals surface area contributed by atoms with E-state index in [1.807, 2.05) is 12.1 Å². The standard InChI is InChI=1S/C20H21N5O5S/c26-18-8-7-16(23-25(18)14-9-12-31(29,30)13-14)20(28)22-21-19(27)15-5-1-2-6-17(15)24-10-3-4-11-24/h1-6,10-11,14H,7-9,12-13H2,(H,21,27)(H,22,28)/t14-/m0/s1. The van der Waals surface area contributed by atoms with Gasteiger partial charge in [0.2, 0.25) is 5.91 Å². The van der Waals surface area contributed by atoms with E-state index >= 15 is 0 Å².